The maximum absolute atomic E-state index is 13.5. The number of nitrogens with zero attached hydrogens (tertiary/aromatic N) is 1. The zero-order chi connectivity index (χ0) is 13.2. The highest BCUT2D eigenvalue weighted by Gasteiger charge is 2.14. The van der Waals surface area contributed by atoms with Crippen LogP contribution in [0, 0.1) is 10.5 Å². The van der Waals surface area contributed by atoms with Crippen molar-refractivity contribution in [3.8, 4) is 0 Å². The van der Waals surface area contributed by atoms with Gasteiger partial charge < -0.3 is 4.98 Å². The third-order valence-electron chi connectivity index (χ3n) is 3.21. The second kappa shape index (κ2) is 5.43. The predicted octanol–water partition coefficient (Wildman–Crippen LogP) is 4.06. The van der Waals surface area contributed by atoms with Crippen molar-refractivity contribution in [3.63, 3.8) is 0 Å². The lowest BCUT2D eigenvalue weighted by atomic mass is 10.3. The number of benzene rings is 1. The number of fused-ring (bicyclic) bond motifs is 1. The molecule has 2 aromatic rings. The Morgan fingerprint density at radius 2 is 2.16 bits per heavy atom. The molecule has 0 fully saturated rings. The third kappa shape index (κ3) is 2.72. The standard InChI is InChI=1S/C14H13FN2S2/c15-10-5-1-2-7-12(10)19-8-13-16-11-6-3-4-9(11)14(18)17-13/h1-2,5,7H,3-4,6,8H2,(H,16,17,18). The Labute approximate surface area is 120 Å². The maximum atomic E-state index is 13.5. The predicted molar refractivity (Wildman–Crippen MR) is 77.4 cm³/mol. The SMILES string of the molecule is Fc1ccccc1SCc1nc(=S)c2c([nH]1)CCC2. The summed E-state index contributed by atoms with van der Waals surface area (Å²) < 4.78 is 14.2. The van der Waals surface area contributed by atoms with Crippen molar-refractivity contribution in [3.05, 3.63) is 51.8 Å². The zero-order valence-electron chi connectivity index (χ0n) is 10.3. The van der Waals surface area contributed by atoms with Gasteiger partial charge >= 0.3 is 0 Å². The van der Waals surface area contributed by atoms with E-state index in [2.05, 4.69) is 9.97 Å². The van der Waals surface area contributed by atoms with E-state index in [0.717, 1.165) is 25.1 Å². The number of halogens is 1. The second-order valence-corrected chi connectivity index (χ2v) is 5.92. The molecule has 5 heteroatoms. The van der Waals surface area contributed by atoms with Gasteiger partial charge in [0.05, 0.1) is 5.75 Å². The van der Waals surface area contributed by atoms with Crippen molar-refractivity contribution in [2.45, 2.75) is 29.9 Å². The van der Waals surface area contributed by atoms with Crippen LogP contribution in [0.25, 0.3) is 0 Å². The number of thioether (sulfide) groups is 1. The first-order chi connectivity index (χ1) is 9.24. The minimum absolute atomic E-state index is 0.188. The molecule has 1 aromatic heterocycles. The van der Waals surface area contributed by atoms with Crippen LogP contribution in [0.4, 0.5) is 4.39 Å². The fourth-order valence-corrected chi connectivity index (χ4v) is 3.43. The Kier molecular flexibility index (Phi) is 3.66. The quantitative estimate of drug-likeness (QED) is 0.683. The van der Waals surface area contributed by atoms with E-state index in [9.17, 15) is 4.39 Å². The Balaban J connectivity index is 1.80. The maximum Gasteiger partial charge on any atom is 0.136 e. The first kappa shape index (κ1) is 12.8. The van der Waals surface area contributed by atoms with Gasteiger partial charge in [-0.15, -0.1) is 11.8 Å². The Morgan fingerprint density at radius 3 is 3.00 bits per heavy atom. The molecule has 0 saturated heterocycles. The van der Waals surface area contributed by atoms with Crippen LogP contribution in [0.5, 0.6) is 0 Å². The molecule has 0 bridgehead atoms. The number of hydrogen-bond donors (Lipinski definition) is 1. The molecule has 0 radical (unpaired) electrons. The number of aryl methyl sites for hydroxylation is 1. The van der Waals surface area contributed by atoms with Gasteiger partial charge in [-0.05, 0) is 31.4 Å². The van der Waals surface area contributed by atoms with E-state index >= 15 is 0 Å². The van der Waals surface area contributed by atoms with Gasteiger partial charge in [0.25, 0.3) is 0 Å². The number of aromatic amines is 1. The number of rotatable bonds is 3. The summed E-state index contributed by atoms with van der Waals surface area (Å²) in [5.41, 5.74) is 2.40. The summed E-state index contributed by atoms with van der Waals surface area (Å²) in [6.07, 6.45) is 3.21. The third-order valence-corrected chi connectivity index (χ3v) is 4.61. The molecule has 0 atom stereocenters. The summed E-state index contributed by atoms with van der Waals surface area (Å²) in [6.45, 7) is 0. The fourth-order valence-electron chi connectivity index (χ4n) is 2.29. The van der Waals surface area contributed by atoms with Crippen LogP contribution in [0.3, 0.4) is 0 Å². The summed E-state index contributed by atoms with van der Waals surface area (Å²) >= 11 is 6.75. The molecule has 1 aromatic carbocycles. The molecule has 1 aliphatic rings. The largest absolute Gasteiger partial charge is 0.346 e. The Morgan fingerprint density at radius 1 is 1.32 bits per heavy atom. The van der Waals surface area contributed by atoms with Gasteiger partial charge in [-0.1, -0.05) is 24.4 Å². The van der Waals surface area contributed by atoms with Crippen molar-refractivity contribution in [1.82, 2.24) is 9.97 Å². The van der Waals surface area contributed by atoms with Gasteiger partial charge in [-0.25, -0.2) is 9.37 Å². The number of hydrogen-bond acceptors (Lipinski definition) is 3. The molecule has 2 nitrogen and oxygen atoms in total. The second-order valence-electron chi connectivity index (χ2n) is 4.52. The number of H-pyrrole nitrogens is 1. The molecule has 3 rings (SSSR count). The number of nitrogens with one attached hydrogen (secondary N) is 1. The van der Waals surface area contributed by atoms with E-state index < -0.39 is 0 Å². The van der Waals surface area contributed by atoms with Crippen LogP contribution >= 0.6 is 24.0 Å². The van der Waals surface area contributed by atoms with E-state index in [1.807, 2.05) is 6.07 Å². The highest BCUT2D eigenvalue weighted by Crippen LogP contribution is 2.26. The van der Waals surface area contributed by atoms with Gasteiger partial charge in [0.15, 0.2) is 0 Å². The molecule has 1 aliphatic carbocycles. The van der Waals surface area contributed by atoms with Crippen molar-refractivity contribution >= 4 is 24.0 Å². The van der Waals surface area contributed by atoms with E-state index in [4.69, 9.17) is 12.2 Å². The first-order valence-electron chi connectivity index (χ1n) is 6.22. The minimum Gasteiger partial charge on any atom is -0.346 e. The van der Waals surface area contributed by atoms with Crippen molar-refractivity contribution in [2.75, 3.05) is 0 Å². The van der Waals surface area contributed by atoms with Crippen LogP contribution in [-0.2, 0) is 18.6 Å². The van der Waals surface area contributed by atoms with E-state index in [1.54, 1.807) is 12.1 Å². The summed E-state index contributed by atoms with van der Waals surface area (Å²) in [7, 11) is 0. The molecular formula is C14H13FN2S2. The highest BCUT2D eigenvalue weighted by molar-refractivity contribution is 7.98. The molecule has 0 amide bonds. The van der Waals surface area contributed by atoms with Crippen LogP contribution < -0.4 is 0 Å². The van der Waals surface area contributed by atoms with Crippen LogP contribution in [-0.4, -0.2) is 9.97 Å². The van der Waals surface area contributed by atoms with E-state index in [0.29, 0.717) is 15.3 Å². The molecule has 19 heavy (non-hydrogen) atoms. The Hall–Kier alpha value is -1.20. The summed E-state index contributed by atoms with van der Waals surface area (Å²) in [5, 5.41) is 0. The summed E-state index contributed by atoms with van der Waals surface area (Å²) in [5.74, 6) is 1.25. The average Bonchev–Trinajstić information content (AvgIpc) is 2.87. The normalized spacial score (nSPS) is 13.5. The molecule has 1 N–H and O–H groups in total. The summed E-state index contributed by atoms with van der Waals surface area (Å²) in [4.78, 5) is 8.38. The lowest BCUT2D eigenvalue weighted by Gasteiger charge is -2.06. The molecule has 0 spiro atoms. The van der Waals surface area contributed by atoms with Gasteiger partial charge in [-0.2, -0.15) is 0 Å². The smallest absolute Gasteiger partial charge is 0.136 e. The molecule has 0 unspecified atom stereocenters. The van der Waals surface area contributed by atoms with Crippen molar-refractivity contribution in [1.29, 1.82) is 0 Å². The molecule has 1 heterocycles. The molecule has 98 valence electrons. The lowest BCUT2D eigenvalue weighted by Crippen LogP contribution is -1.99. The zero-order valence-corrected chi connectivity index (χ0v) is 11.9. The van der Waals surface area contributed by atoms with Crippen LogP contribution in [0.15, 0.2) is 29.2 Å². The highest BCUT2D eigenvalue weighted by atomic mass is 32.2. The van der Waals surface area contributed by atoms with Gasteiger partial charge in [-0.3, -0.25) is 0 Å². The van der Waals surface area contributed by atoms with E-state index in [-0.39, 0.29) is 5.82 Å². The van der Waals surface area contributed by atoms with Gasteiger partial charge in [0.1, 0.15) is 16.3 Å². The lowest BCUT2D eigenvalue weighted by molar-refractivity contribution is 0.602. The monoisotopic (exact) mass is 292 g/mol. The van der Waals surface area contributed by atoms with E-state index in [1.165, 1.54) is 29.1 Å². The first-order valence-corrected chi connectivity index (χ1v) is 7.61. The molecule has 0 aliphatic heterocycles. The minimum atomic E-state index is -0.188. The molecule has 0 saturated carbocycles. The van der Waals surface area contributed by atoms with Crippen molar-refractivity contribution < 1.29 is 4.39 Å². The van der Waals surface area contributed by atoms with Gasteiger partial charge in [0.2, 0.25) is 0 Å². The van der Waals surface area contributed by atoms with Crippen molar-refractivity contribution in [2.24, 2.45) is 0 Å². The molecular weight excluding hydrogens is 279 g/mol. The van der Waals surface area contributed by atoms with Gasteiger partial charge in [0, 0.05) is 16.2 Å². The average molecular weight is 292 g/mol. The van der Waals surface area contributed by atoms with Crippen LogP contribution in [0.1, 0.15) is 23.5 Å². The summed E-state index contributed by atoms with van der Waals surface area (Å²) in [6, 6.07) is 6.78. The fraction of sp³-hybridized carbons (Fsp3) is 0.286. The topological polar surface area (TPSA) is 28.7 Å². The number of aromatic nitrogens is 2. The Bertz CT molecular complexity index is 667. The van der Waals surface area contributed by atoms with Crippen LogP contribution in [0.2, 0.25) is 0 Å².